The summed E-state index contributed by atoms with van der Waals surface area (Å²) in [5.41, 5.74) is 0.635. The number of aliphatic hydroxyl groups excluding tert-OH is 4. The highest BCUT2D eigenvalue weighted by Crippen LogP contribution is 2.31. The highest BCUT2D eigenvalue weighted by molar-refractivity contribution is 5.87. The first-order chi connectivity index (χ1) is 12.3. The maximum absolute atomic E-state index is 10.8. The summed E-state index contributed by atoms with van der Waals surface area (Å²) in [7, 11) is 0. The number of phenols is 1. The van der Waals surface area contributed by atoms with Gasteiger partial charge in [-0.2, -0.15) is 0 Å². The summed E-state index contributed by atoms with van der Waals surface area (Å²) in [5, 5.41) is 48.6. The number of benzene rings is 1. The van der Waals surface area contributed by atoms with Crippen molar-refractivity contribution in [1.82, 2.24) is 0 Å². The van der Waals surface area contributed by atoms with Crippen molar-refractivity contribution in [3.05, 3.63) is 42.0 Å². The summed E-state index contributed by atoms with van der Waals surface area (Å²) in [4.78, 5) is 10.8. The van der Waals surface area contributed by atoms with Gasteiger partial charge < -0.3 is 35.0 Å². The van der Waals surface area contributed by atoms with Crippen LogP contribution in [0, 0.1) is 0 Å². The Kier molecular flexibility index (Phi) is 6.90. The second-order valence-electron chi connectivity index (χ2n) is 5.87. The molecule has 5 atom stereocenters. The SMILES string of the molecule is CC(=O)C=CC=Cc1ccc(O)c(O[C@@H]2O[C@H](CO)[C@@H](O)[C@H](O)[C@H]2O)c1. The predicted molar refractivity (Wildman–Crippen MR) is 91.4 cm³/mol. The molecule has 0 saturated carbocycles. The molecule has 1 fully saturated rings. The first-order valence-corrected chi connectivity index (χ1v) is 7.99. The number of carbonyl (C=O) groups excluding carboxylic acids is 1. The van der Waals surface area contributed by atoms with Crippen molar-refractivity contribution in [1.29, 1.82) is 0 Å². The van der Waals surface area contributed by atoms with Crippen LogP contribution in [0.15, 0.2) is 36.4 Å². The molecule has 0 radical (unpaired) electrons. The van der Waals surface area contributed by atoms with Crippen LogP contribution in [0.4, 0.5) is 0 Å². The molecule has 0 aliphatic carbocycles. The minimum atomic E-state index is -1.58. The first kappa shape index (κ1) is 20.1. The summed E-state index contributed by atoms with van der Waals surface area (Å²) >= 11 is 0. The quantitative estimate of drug-likeness (QED) is 0.343. The largest absolute Gasteiger partial charge is 0.504 e. The summed E-state index contributed by atoms with van der Waals surface area (Å²) in [6.07, 6.45) is -0.905. The summed E-state index contributed by atoms with van der Waals surface area (Å²) in [6.45, 7) is 0.847. The zero-order valence-electron chi connectivity index (χ0n) is 14.1. The van der Waals surface area contributed by atoms with Crippen molar-refractivity contribution in [3.63, 3.8) is 0 Å². The molecule has 8 heteroatoms. The number of allylic oxidation sites excluding steroid dienone is 3. The number of aromatic hydroxyl groups is 1. The topological polar surface area (TPSA) is 137 Å². The van der Waals surface area contributed by atoms with Gasteiger partial charge in [-0.25, -0.2) is 0 Å². The van der Waals surface area contributed by atoms with E-state index in [0.29, 0.717) is 5.56 Å². The highest BCUT2D eigenvalue weighted by atomic mass is 16.7. The fourth-order valence-electron chi connectivity index (χ4n) is 2.38. The van der Waals surface area contributed by atoms with Crippen molar-refractivity contribution in [2.45, 2.75) is 37.6 Å². The number of hydrogen-bond acceptors (Lipinski definition) is 8. The van der Waals surface area contributed by atoms with Crippen molar-refractivity contribution in [2.75, 3.05) is 6.61 Å². The highest BCUT2D eigenvalue weighted by Gasteiger charge is 2.44. The van der Waals surface area contributed by atoms with E-state index in [4.69, 9.17) is 9.47 Å². The predicted octanol–water partition coefficient (Wildman–Crippen LogP) is -0.271. The molecule has 1 aliphatic heterocycles. The second-order valence-corrected chi connectivity index (χ2v) is 5.87. The minimum absolute atomic E-state index is 0.0213. The molecule has 1 aromatic rings. The van der Waals surface area contributed by atoms with Crippen molar-refractivity contribution in [2.24, 2.45) is 0 Å². The van der Waals surface area contributed by atoms with E-state index in [1.54, 1.807) is 24.3 Å². The Bertz CT molecular complexity index is 682. The van der Waals surface area contributed by atoms with Crippen LogP contribution in [-0.2, 0) is 9.53 Å². The summed E-state index contributed by atoms with van der Waals surface area (Å²) in [6, 6.07) is 4.44. The van der Waals surface area contributed by atoms with Crippen LogP contribution in [-0.4, -0.2) is 68.6 Å². The van der Waals surface area contributed by atoms with Gasteiger partial charge >= 0.3 is 0 Å². The zero-order chi connectivity index (χ0) is 19.3. The van der Waals surface area contributed by atoms with Gasteiger partial charge in [0.05, 0.1) is 6.61 Å². The molecule has 142 valence electrons. The van der Waals surface area contributed by atoms with Gasteiger partial charge in [-0.05, 0) is 30.7 Å². The first-order valence-electron chi connectivity index (χ1n) is 7.99. The van der Waals surface area contributed by atoms with Crippen molar-refractivity contribution < 1.29 is 39.8 Å². The Balaban J connectivity index is 2.15. The molecule has 2 rings (SSSR count). The number of rotatable bonds is 6. The van der Waals surface area contributed by atoms with Gasteiger partial charge in [0, 0.05) is 0 Å². The molecule has 5 N–H and O–H groups in total. The van der Waals surface area contributed by atoms with Crippen molar-refractivity contribution in [3.8, 4) is 11.5 Å². The molecule has 8 nitrogen and oxygen atoms in total. The average molecular weight is 366 g/mol. The molecular weight excluding hydrogens is 344 g/mol. The lowest BCUT2D eigenvalue weighted by molar-refractivity contribution is -0.277. The van der Waals surface area contributed by atoms with Gasteiger partial charge in [0.1, 0.15) is 24.4 Å². The molecule has 26 heavy (non-hydrogen) atoms. The van der Waals surface area contributed by atoms with E-state index in [9.17, 15) is 30.3 Å². The third kappa shape index (κ3) is 4.90. The lowest BCUT2D eigenvalue weighted by Gasteiger charge is -2.39. The molecule has 0 amide bonds. The lowest BCUT2D eigenvalue weighted by atomic mass is 9.99. The molecule has 1 aliphatic rings. The number of carbonyl (C=O) groups is 1. The van der Waals surface area contributed by atoms with Crippen LogP contribution in [0.25, 0.3) is 6.08 Å². The number of phenolic OH excluding ortho intramolecular Hbond substituents is 1. The summed E-state index contributed by atoms with van der Waals surface area (Å²) in [5.74, 6) is -0.336. The van der Waals surface area contributed by atoms with Crippen LogP contribution in [0.5, 0.6) is 11.5 Å². The Hall–Kier alpha value is -2.23. The van der Waals surface area contributed by atoms with Gasteiger partial charge in [0.2, 0.25) is 6.29 Å². The van der Waals surface area contributed by atoms with Gasteiger partial charge in [0.15, 0.2) is 17.3 Å². The zero-order valence-corrected chi connectivity index (χ0v) is 14.1. The van der Waals surface area contributed by atoms with Crippen LogP contribution >= 0.6 is 0 Å². The van der Waals surface area contributed by atoms with Crippen LogP contribution in [0.2, 0.25) is 0 Å². The van der Waals surface area contributed by atoms with E-state index < -0.39 is 37.3 Å². The molecule has 0 bridgehead atoms. The van der Waals surface area contributed by atoms with Crippen molar-refractivity contribution >= 4 is 11.9 Å². The van der Waals surface area contributed by atoms with E-state index in [2.05, 4.69) is 0 Å². The van der Waals surface area contributed by atoms with E-state index in [0.717, 1.165) is 0 Å². The molecule has 1 aromatic carbocycles. The maximum atomic E-state index is 10.8. The van der Waals surface area contributed by atoms with E-state index in [1.807, 2.05) is 0 Å². The summed E-state index contributed by atoms with van der Waals surface area (Å²) < 4.78 is 10.7. The number of ketones is 1. The monoisotopic (exact) mass is 366 g/mol. The standard InChI is InChI=1S/C18H22O8/c1-10(20)4-2-3-5-11-6-7-12(21)13(8-11)25-18-17(24)16(23)15(22)14(9-19)26-18/h2-8,14-19,21-24H,9H2,1H3/t14-,15-,16+,17-,18-/m1/s1. The third-order valence-corrected chi connectivity index (χ3v) is 3.81. The fraction of sp³-hybridized carbons (Fsp3) is 0.389. The number of ether oxygens (including phenoxy) is 2. The van der Waals surface area contributed by atoms with Gasteiger partial charge in [-0.1, -0.05) is 24.3 Å². The molecule has 1 heterocycles. The van der Waals surface area contributed by atoms with Crippen LogP contribution in [0.1, 0.15) is 12.5 Å². The van der Waals surface area contributed by atoms with E-state index in [1.165, 1.54) is 25.1 Å². The third-order valence-electron chi connectivity index (χ3n) is 3.81. The number of hydrogen-bond donors (Lipinski definition) is 5. The molecule has 0 spiro atoms. The Morgan fingerprint density at radius 1 is 1.19 bits per heavy atom. The fourth-order valence-corrected chi connectivity index (χ4v) is 2.38. The molecule has 0 unspecified atom stereocenters. The smallest absolute Gasteiger partial charge is 0.229 e. The molecular formula is C18H22O8. The second kappa shape index (κ2) is 8.93. The van der Waals surface area contributed by atoms with E-state index >= 15 is 0 Å². The van der Waals surface area contributed by atoms with Crippen LogP contribution < -0.4 is 4.74 Å². The maximum Gasteiger partial charge on any atom is 0.229 e. The average Bonchev–Trinajstić information content (AvgIpc) is 2.61. The van der Waals surface area contributed by atoms with Gasteiger partial charge in [-0.3, -0.25) is 4.79 Å². The van der Waals surface area contributed by atoms with E-state index in [-0.39, 0.29) is 17.3 Å². The lowest BCUT2D eigenvalue weighted by Crippen LogP contribution is -2.60. The minimum Gasteiger partial charge on any atom is -0.504 e. The number of aliphatic hydroxyl groups is 4. The van der Waals surface area contributed by atoms with Gasteiger partial charge in [0.25, 0.3) is 0 Å². The van der Waals surface area contributed by atoms with Gasteiger partial charge in [-0.15, -0.1) is 0 Å². The molecule has 0 aromatic heterocycles. The molecule has 1 saturated heterocycles. The Morgan fingerprint density at radius 2 is 1.92 bits per heavy atom. The Labute approximate surface area is 150 Å². The Morgan fingerprint density at radius 3 is 2.58 bits per heavy atom. The normalized spacial score (nSPS) is 29.3. The van der Waals surface area contributed by atoms with Crippen LogP contribution in [0.3, 0.4) is 0 Å².